The van der Waals surface area contributed by atoms with E-state index >= 15 is 0 Å². The van der Waals surface area contributed by atoms with Gasteiger partial charge in [-0.2, -0.15) is 0 Å². The van der Waals surface area contributed by atoms with E-state index in [1.165, 1.54) is 0 Å². The molecule has 0 saturated carbocycles. The highest BCUT2D eigenvalue weighted by Gasteiger charge is 2.29. The second-order valence-corrected chi connectivity index (χ2v) is 4.02. The molecule has 0 aliphatic carbocycles. The number of hydrogen-bond donors (Lipinski definition) is 0. The van der Waals surface area contributed by atoms with E-state index in [0.717, 1.165) is 5.56 Å². The summed E-state index contributed by atoms with van der Waals surface area (Å²) in [5, 5.41) is 0.154. The van der Waals surface area contributed by atoms with E-state index in [4.69, 9.17) is 0 Å². The fraction of sp³-hybridized carbons (Fsp3) is 0.333. The first-order valence-corrected chi connectivity index (χ1v) is 5.11. The van der Waals surface area contributed by atoms with Crippen molar-refractivity contribution in [3.8, 4) is 0 Å². The van der Waals surface area contributed by atoms with E-state index in [2.05, 4.69) is 4.98 Å². The highest BCUT2D eigenvalue weighted by atomic mass is 32.2. The van der Waals surface area contributed by atoms with Crippen LogP contribution in [0.25, 0.3) is 0 Å². The Kier molecular flexibility index (Phi) is 2.22. The van der Waals surface area contributed by atoms with Gasteiger partial charge in [0.15, 0.2) is 0 Å². The van der Waals surface area contributed by atoms with Gasteiger partial charge in [0.1, 0.15) is 5.37 Å². The molecular formula is C9H10N2OS. The second kappa shape index (κ2) is 3.38. The number of nitrogens with zero attached hydrogens (tertiary/aromatic N) is 2. The van der Waals surface area contributed by atoms with Crippen LogP contribution < -0.4 is 0 Å². The molecule has 68 valence electrons. The highest BCUT2D eigenvalue weighted by Crippen LogP contribution is 2.36. The van der Waals surface area contributed by atoms with E-state index in [0.29, 0.717) is 5.75 Å². The summed E-state index contributed by atoms with van der Waals surface area (Å²) in [6.45, 7) is 0. The van der Waals surface area contributed by atoms with Crippen LogP contribution in [0.4, 0.5) is 0 Å². The lowest BCUT2D eigenvalue weighted by Gasteiger charge is -2.18. The Hall–Kier alpha value is -1.03. The van der Waals surface area contributed by atoms with Crippen LogP contribution in [0.15, 0.2) is 24.5 Å². The maximum Gasteiger partial charge on any atom is 0.233 e. The zero-order chi connectivity index (χ0) is 9.26. The lowest BCUT2D eigenvalue weighted by Crippen LogP contribution is -2.22. The third-order valence-corrected chi connectivity index (χ3v) is 3.40. The molecule has 0 N–H and O–H groups in total. The van der Waals surface area contributed by atoms with Crippen LogP contribution >= 0.6 is 11.8 Å². The van der Waals surface area contributed by atoms with Gasteiger partial charge in [0.2, 0.25) is 5.91 Å². The zero-order valence-electron chi connectivity index (χ0n) is 7.30. The van der Waals surface area contributed by atoms with Crippen molar-refractivity contribution >= 4 is 17.7 Å². The molecular weight excluding hydrogens is 184 g/mol. The molecule has 0 bridgehead atoms. The number of carbonyl (C=O) groups is 1. The maximum atomic E-state index is 11.2. The predicted molar refractivity (Wildman–Crippen MR) is 52.2 cm³/mol. The van der Waals surface area contributed by atoms with Crippen LogP contribution in [0.3, 0.4) is 0 Å². The average Bonchev–Trinajstić information content (AvgIpc) is 2.49. The van der Waals surface area contributed by atoms with Gasteiger partial charge in [0.25, 0.3) is 0 Å². The van der Waals surface area contributed by atoms with E-state index < -0.39 is 0 Å². The van der Waals surface area contributed by atoms with Gasteiger partial charge in [-0.25, -0.2) is 0 Å². The van der Waals surface area contributed by atoms with Gasteiger partial charge in [0, 0.05) is 25.0 Å². The Morgan fingerprint density at radius 2 is 2.54 bits per heavy atom. The Morgan fingerprint density at radius 3 is 3.08 bits per heavy atom. The third-order valence-electron chi connectivity index (χ3n) is 2.08. The number of hydrogen-bond acceptors (Lipinski definition) is 3. The Labute approximate surface area is 81.1 Å². The second-order valence-electron chi connectivity index (χ2n) is 2.95. The largest absolute Gasteiger partial charge is 0.329 e. The predicted octanol–water partition coefficient (Wildman–Crippen LogP) is 1.29. The van der Waals surface area contributed by atoms with Crippen LogP contribution in [-0.2, 0) is 4.79 Å². The summed E-state index contributed by atoms with van der Waals surface area (Å²) >= 11 is 1.65. The van der Waals surface area contributed by atoms with Crippen molar-refractivity contribution in [2.45, 2.75) is 5.37 Å². The molecule has 0 spiro atoms. The minimum atomic E-state index is 0.154. The van der Waals surface area contributed by atoms with Gasteiger partial charge in [-0.3, -0.25) is 9.78 Å². The number of aromatic nitrogens is 1. The van der Waals surface area contributed by atoms with Gasteiger partial charge in [-0.15, -0.1) is 11.8 Å². The van der Waals surface area contributed by atoms with Gasteiger partial charge < -0.3 is 4.90 Å². The molecule has 4 heteroatoms. The summed E-state index contributed by atoms with van der Waals surface area (Å²) in [5.41, 5.74) is 1.10. The monoisotopic (exact) mass is 194 g/mol. The Balaban J connectivity index is 2.24. The molecule has 1 aliphatic heterocycles. The molecule has 2 rings (SSSR count). The fourth-order valence-corrected chi connectivity index (χ4v) is 2.51. The minimum Gasteiger partial charge on any atom is -0.329 e. The van der Waals surface area contributed by atoms with E-state index in [-0.39, 0.29) is 11.3 Å². The van der Waals surface area contributed by atoms with Crippen LogP contribution in [0.2, 0.25) is 0 Å². The smallest absolute Gasteiger partial charge is 0.233 e. The summed E-state index contributed by atoms with van der Waals surface area (Å²) in [4.78, 5) is 17.0. The highest BCUT2D eigenvalue weighted by molar-refractivity contribution is 8.00. The molecule has 1 atom stereocenters. The minimum absolute atomic E-state index is 0.154. The van der Waals surface area contributed by atoms with E-state index in [1.807, 2.05) is 25.4 Å². The van der Waals surface area contributed by atoms with Crippen LogP contribution in [0.5, 0.6) is 0 Å². The summed E-state index contributed by atoms with van der Waals surface area (Å²) in [7, 11) is 1.83. The SMILES string of the molecule is CN1C(=O)CSC1c1cccnc1. The fourth-order valence-electron chi connectivity index (χ4n) is 1.34. The van der Waals surface area contributed by atoms with Crippen molar-refractivity contribution in [1.82, 2.24) is 9.88 Å². The molecule has 0 aromatic carbocycles. The van der Waals surface area contributed by atoms with Crippen molar-refractivity contribution < 1.29 is 4.79 Å². The van der Waals surface area contributed by atoms with Gasteiger partial charge in [-0.05, 0) is 6.07 Å². The number of rotatable bonds is 1. The number of pyridine rings is 1. The van der Waals surface area contributed by atoms with Gasteiger partial charge in [-0.1, -0.05) is 6.07 Å². The van der Waals surface area contributed by atoms with Crippen molar-refractivity contribution in [3.63, 3.8) is 0 Å². The molecule has 1 fully saturated rings. The standard InChI is InChI=1S/C9H10N2OS/c1-11-8(12)6-13-9(11)7-3-2-4-10-5-7/h2-5,9H,6H2,1H3. The molecule has 13 heavy (non-hydrogen) atoms. The van der Waals surface area contributed by atoms with Crippen LogP contribution in [0, 0.1) is 0 Å². The van der Waals surface area contributed by atoms with Crippen molar-refractivity contribution in [2.75, 3.05) is 12.8 Å². The number of carbonyl (C=O) groups excluding carboxylic acids is 1. The quantitative estimate of drug-likeness (QED) is 0.675. The van der Waals surface area contributed by atoms with Gasteiger partial charge in [0.05, 0.1) is 5.75 Å². The molecule has 1 aromatic heterocycles. The molecule has 1 aromatic rings. The maximum absolute atomic E-state index is 11.2. The summed E-state index contributed by atoms with van der Waals surface area (Å²) in [5.74, 6) is 0.773. The summed E-state index contributed by atoms with van der Waals surface area (Å²) in [6.07, 6.45) is 3.55. The van der Waals surface area contributed by atoms with E-state index in [9.17, 15) is 4.79 Å². The topological polar surface area (TPSA) is 33.2 Å². The first-order chi connectivity index (χ1) is 6.29. The summed E-state index contributed by atoms with van der Waals surface area (Å²) in [6, 6.07) is 3.90. The van der Waals surface area contributed by atoms with Crippen molar-refractivity contribution in [1.29, 1.82) is 0 Å². The molecule has 1 amide bonds. The Morgan fingerprint density at radius 1 is 1.69 bits per heavy atom. The Bertz CT molecular complexity index is 315. The zero-order valence-corrected chi connectivity index (χ0v) is 8.12. The third kappa shape index (κ3) is 1.54. The molecule has 0 radical (unpaired) electrons. The molecule has 1 unspecified atom stereocenters. The summed E-state index contributed by atoms with van der Waals surface area (Å²) < 4.78 is 0. The van der Waals surface area contributed by atoms with Crippen molar-refractivity contribution in [3.05, 3.63) is 30.1 Å². The van der Waals surface area contributed by atoms with Crippen LogP contribution in [0.1, 0.15) is 10.9 Å². The molecule has 3 nitrogen and oxygen atoms in total. The lowest BCUT2D eigenvalue weighted by molar-refractivity contribution is -0.126. The molecule has 1 saturated heterocycles. The molecule has 1 aliphatic rings. The van der Waals surface area contributed by atoms with Crippen LogP contribution in [-0.4, -0.2) is 28.6 Å². The first-order valence-electron chi connectivity index (χ1n) is 4.06. The number of thioether (sulfide) groups is 1. The lowest BCUT2D eigenvalue weighted by atomic mass is 10.2. The van der Waals surface area contributed by atoms with Crippen molar-refractivity contribution in [2.24, 2.45) is 0 Å². The normalized spacial score (nSPS) is 22.4. The number of amides is 1. The van der Waals surface area contributed by atoms with E-state index in [1.54, 1.807) is 22.9 Å². The molecule has 2 heterocycles. The first kappa shape index (κ1) is 8.56. The van der Waals surface area contributed by atoms with Gasteiger partial charge >= 0.3 is 0 Å². The average molecular weight is 194 g/mol.